The predicted molar refractivity (Wildman–Crippen MR) is 120 cm³/mol. The van der Waals surface area contributed by atoms with Gasteiger partial charge in [-0.2, -0.15) is 0 Å². The number of para-hydroxylation sites is 1. The Kier molecular flexibility index (Phi) is 5.82. The first-order valence-corrected chi connectivity index (χ1v) is 9.82. The van der Waals surface area contributed by atoms with Gasteiger partial charge >= 0.3 is 0 Å². The Morgan fingerprint density at radius 3 is 1.72 bits per heavy atom. The average molecular weight is 377 g/mol. The molecule has 29 heavy (non-hydrogen) atoms. The molecule has 4 aromatic carbocycles. The molecule has 0 heterocycles. The molecule has 2 nitrogen and oxygen atoms in total. The van der Waals surface area contributed by atoms with E-state index in [2.05, 4.69) is 41.3 Å². The minimum Gasteiger partial charge on any atom is -0.359 e. The van der Waals surface area contributed by atoms with Crippen LogP contribution in [-0.4, -0.2) is 12.3 Å². The monoisotopic (exact) mass is 377 g/mol. The first-order chi connectivity index (χ1) is 14.3. The lowest BCUT2D eigenvalue weighted by molar-refractivity contribution is 0.0998. The Morgan fingerprint density at radius 1 is 0.586 bits per heavy atom. The molecule has 0 fully saturated rings. The number of carbonyl (C=O) groups is 1. The van der Waals surface area contributed by atoms with Gasteiger partial charge in [-0.15, -0.1) is 0 Å². The smallest absolute Gasteiger partial charge is 0.182 e. The van der Waals surface area contributed by atoms with Crippen LogP contribution in [0.3, 0.4) is 0 Å². The van der Waals surface area contributed by atoms with E-state index in [9.17, 15) is 4.79 Å². The fourth-order valence-electron chi connectivity index (χ4n) is 3.42. The van der Waals surface area contributed by atoms with E-state index in [-0.39, 0.29) is 5.78 Å². The Balaban J connectivity index is 1.53. The highest BCUT2D eigenvalue weighted by Crippen LogP contribution is 2.21. The second-order valence-electron chi connectivity index (χ2n) is 7.04. The molecule has 0 aromatic heterocycles. The first-order valence-electron chi connectivity index (χ1n) is 9.82. The van der Waals surface area contributed by atoms with Crippen LogP contribution in [-0.2, 0) is 6.54 Å². The maximum Gasteiger partial charge on any atom is 0.182 e. The summed E-state index contributed by atoms with van der Waals surface area (Å²) in [5.74, 6) is 0.115. The lowest BCUT2D eigenvalue weighted by Crippen LogP contribution is -2.29. The summed E-state index contributed by atoms with van der Waals surface area (Å²) in [6.07, 6.45) is 0. The number of rotatable bonds is 7. The van der Waals surface area contributed by atoms with Crippen LogP contribution in [0.2, 0.25) is 0 Å². The molecule has 4 rings (SSSR count). The molecule has 2 heteroatoms. The van der Waals surface area contributed by atoms with E-state index < -0.39 is 0 Å². The molecular formula is C27H23NO. The molecule has 0 unspecified atom stereocenters. The molecular weight excluding hydrogens is 354 g/mol. The van der Waals surface area contributed by atoms with Gasteiger partial charge in [0.1, 0.15) is 0 Å². The largest absolute Gasteiger partial charge is 0.359 e. The first kappa shape index (κ1) is 18.7. The average Bonchev–Trinajstić information content (AvgIpc) is 2.80. The van der Waals surface area contributed by atoms with Gasteiger partial charge < -0.3 is 4.90 Å². The third-order valence-electron chi connectivity index (χ3n) is 4.99. The van der Waals surface area contributed by atoms with Crippen molar-refractivity contribution in [3.63, 3.8) is 0 Å². The molecule has 142 valence electrons. The van der Waals surface area contributed by atoms with Crippen LogP contribution in [0, 0.1) is 0 Å². The van der Waals surface area contributed by atoms with Gasteiger partial charge in [-0.25, -0.2) is 0 Å². The van der Waals surface area contributed by atoms with Crippen LogP contribution in [0.4, 0.5) is 5.69 Å². The van der Waals surface area contributed by atoms with Crippen LogP contribution >= 0.6 is 0 Å². The Labute approximate surface area is 172 Å². The summed E-state index contributed by atoms with van der Waals surface area (Å²) in [5.41, 5.74) is 5.24. The standard InChI is InChI=1S/C27H23NO/c29-27(25-18-16-24(17-19-25)23-12-6-2-7-13-23)21-28(26-14-8-3-9-15-26)20-22-10-4-1-5-11-22/h1-19H,20-21H2. The van der Waals surface area contributed by atoms with Crippen LogP contribution in [0.1, 0.15) is 15.9 Å². The molecule has 0 bridgehead atoms. The SMILES string of the molecule is O=C(CN(Cc1ccccc1)c1ccccc1)c1ccc(-c2ccccc2)cc1. The molecule has 0 aliphatic carbocycles. The quantitative estimate of drug-likeness (QED) is 0.355. The number of carbonyl (C=O) groups excluding carboxylic acids is 1. The number of anilines is 1. The minimum absolute atomic E-state index is 0.115. The number of ketones is 1. The second kappa shape index (κ2) is 9.03. The summed E-state index contributed by atoms with van der Waals surface area (Å²) >= 11 is 0. The van der Waals surface area contributed by atoms with Crippen molar-refractivity contribution in [3.05, 3.63) is 126 Å². The van der Waals surface area contributed by atoms with E-state index in [4.69, 9.17) is 0 Å². The van der Waals surface area contributed by atoms with Crippen molar-refractivity contribution in [3.8, 4) is 11.1 Å². The summed E-state index contributed by atoms with van der Waals surface area (Å²) in [6, 6.07) is 38.5. The van der Waals surface area contributed by atoms with E-state index in [1.54, 1.807) is 0 Å². The number of Topliss-reactive ketones (excluding diaryl/α,β-unsaturated/α-hetero) is 1. The Bertz CT molecular complexity index is 1040. The summed E-state index contributed by atoms with van der Waals surface area (Å²) in [7, 11) is 0. The van der Waals surface area contributed by atoms with Gasteiger partial charge in [0.2, 0.25) is 0 Å². The van der Waals surface area contributed by atoms with E-state index in [1.807, 2.05) is 78.9 Å². The predicted octanol–water partition coefficient (Wildman–Crippen LogP) is 6.24. The number of nitrogens with zero attached hydrogens (tertiary/aromatic N) is 1. The highest BCUT2D eigenvalue weighted by atomic mass is 16.1. The van der Waals surface area contributed by atoms with Crippen molar-refractivity contribution in [2.24, 2.45) is 0 Å². The second-order valence-corrected chi connectivity index (χ2v) is 7.04. The van der Waals surface area contributed by atoms with Crippen molar-refractivity contribution >= 4 is 11.5 Å². The molecule has 0 atom stereocenters. The van der Waals surface area contributed by atoms with Crippen molar-refractivity contribution in [1.82, 2.24) is 0 Å². The third-order valence-corrected chi connectivity index (χ3v) is 4.99. The molecule has 4 aromatic rings. The number of benzene rings is 4. The minimum atomic E-state index is 0.115. The highest BCUT2D eigenvalue weighted by molar-refractivity contribution is 5.99. The summed E-state index contributed by atoms with van der Waals surface area (Å²) < 4.78 is 0. The van der Waals surface area contributed by atoms with E-state index in [0.29, 0.717) is 13.1 Å². The molecule has 0 saturated carbocycles. The zero-order valence-corrected chi connectivity index (χ0v) is 16.2. The van der Waals surface area contributed by atoms with Gasteiger partial charge in [-0.05, 0) is 28.8 Å². The van der Waals surface area contributed by atoms with Crippen LogP contribution in [0.15, 0.2) is 115 Å². The molecule has 0 aliphatic rings. The Morgan fingerprint density at radius 2 is 1.10 bits per heavy atom. The lowest BCUT2D eigenvalue weighted by Gasteiger charge is -2.24. The van der Waals surface area contributed by atoms with Crippen molar-refractivity contribution in [2.45, 2.75) is 6.54 Å². The molecule has 0 amide bonds. The van der Waals surface area contributed by atoms with E-state index >= 15 is 0 Å². The van der Waals surface area contributed by atoms with Gasteiger partial charge in [0.05, 0.1) is 6.54 Å². The molecule has 0 radical (unpaired) electrons. The van der Waals surface area contributed by atoms with Crippen molar-refractivity contribution in [2.75, 3.05) is 11.4 Å². The van der Waals surface area contributed by atoms with Gasteiger partial charge in [0.15, 0.2) is 5.78 Å². The summed E-state index contributed by atoms with van der Waals surface area (Å²) in [6.45, 7) is 1.03. The van der Waals surface area contributed by atoms with E-state index in [1.165, 1.54) is 5.56 Å². The van der Waals surface area contributed by atoms with E-state index in [0.717, 1.165) is 22.4 Å². The van der Waals surface area contributed by atoms with Gasteiger partial charge in [-0.3, -0.25) is 4.79 Å². The molecule has 0 saturated heterocycles. The topological polar surface area (TPSA) is 20.3 Å². The zero-order chi connectivity index (χ0) is 19.9. The van der Waals surface area contributed by atoms with Crippen LogP contribution in [0.5, 0.6) is 0 Å². The molecule has 0 N–H and O–H groups in total. The van der Waals surface area contributed by atoms with Crippen molar-refractivity contribution < 1.29 is 4.79 Å². The van der Waals surface area contributed by atoms with Crippen LogP contribution < -0.4 is 4.90 Å². The Hall–Kier alpha value is -3.65. The zero-order valence-electron chi connectivity index (χ0n) is 16.2. The third kappa shape index (κ3) is 4.80. The fourth-order valence-corrected chi connectivity index (χ4v) is 3.42. The normalized spacial score (nSPS) is 10.5. The number of hydrogen-bond acceptors (Lipinski definition) is 2. The van der Waals surface area contributed by atoms with Crippen LogP contribution in [0.25, 0.3) is 11.1 Å². The number of hydrogen-bond donors (Lipinski definition) is 0. The summed E-state index contributed by atoms with van der Waals surface area (Å²) in [5, 5.41) is 0. The van der Waals surface area contributed by atoms with Gasteiger partial charge in [-0.1, -0.05) is 103 Å². The summed E-state index contributed by atoms with van der Waals surface area (Å²) in [4.78, 5) is 15.2. The maximum atomic E-state index is 13.0. The lowest BCUT2D eigenvalue weighted by atomic mass is 10.0. The fraction of sp³-hybridized carbons (Fsp3) is 0.0741. The van der Waals surface area contributed by atoms with Gasteiger partial charge in [0, 0.05) is 17.8 Å². The maximum absolute atomic E-state index is 13.0. The highest BCUT2D eigenvalue weighted by Gasteiger charge is 2.14. The van der Waals surface area contributed by atoms with Crippen molar-refractivity contribution in [1.29, 1.82) is 0 Å². The molecule has 0 spiro atoms. The van der Waals surface area contributed by atoms with Gasteiger partial charge in [0.25, 0.3) is 0 Å². The molecule has 0 aliphatic heterocycles.